The van der Waals surface area contributed by atoms with Crippen LogP contribution in [0.1, 0.15) is 64.5 Å². The summed E-state index contributed by atoms with van der Waals surface area (Å²) in [4.78, 5) is 0. The molecule has 0 aliphatic heterocycles. The molecule has 0 amide bonds. The molecule has 0 aromatic heterocycles. The molecule has 1 aliphatic carbocycles. The molecule has 0 saturated heterocycles. The zero-order valence-electron chi connectivity index (χ0n) is 15.9. The Morgan fingerprint density at radius 2 is 1.83 bits per heavy atom. The zero-order valence-corrected chi connectivity index (χ0v) is 16.6. The molecule has 1 aromatic carbocycles. The Balaban J connectivity index is 2.33. The van der Waals surface area contributed by atoms with Gasteiger partial charge in [0.25, 0.3) is 0 Å². The van der Waals surface area contributed by atoms with E-state index in [2.05, 4.69) is 64.7 Å². The van der Waals surface area contributed by atoms with E-state index in [1.807, 2.05) is 6.07 Å². The lowest BCUT2D eigenvalue weighted by Gasteiger charge is -2.30. The summed E-state index contributed by atoms with van der Waals surface area (Å²) in [5.41, 5.74) is 4.78. The van der Waals surface area contributed by atoms with Crippen molar-refractivity contribution in [2.75, 3.05) is 0 Å². The SMILES string of the molecule is C=C(/C=C(/NC1CCC(C)CC1)c1cc(Cl)ccc1C)C(C)(C)C. The van der Waals surface area contributed by atoms with Gasteiger partial charge in [0.05, 0.1) is 0 Å². The highest BCUT2D eigenvalue weighted by Crippen LogP contribution is 2.31. The summed E-state index contributed by atoms with van der Waals surface area (Å²) in [6.45, 7) is 15.4. The number of rotatable bonds is 4. The number of aryl methyl sites for hydroxylation is 1. The van der Waals surface area contributed by atoms with Gasteiger partial charge in [0.15, 0.2) is 0 Å². The molecule has 2 heteroatoms. The van der Waals surface area contributed by atoms with E-state index in [1.165, 1.54) is 36.8 Å². The molecule has 1 nitrogen and oxygen atoms in total. The van der Waals surface area contributed by atoms with Crippen molar-refractivity contribution in [3.63, 3.8) is 0 Å². The predicted octanol–water partition coefficient (Wildman–Crippen LogP) is 6.76. The predicted molar refractivity (Wildman–Crippen MR) is 107 cm³/mol. The molecule has 1 fully saturated rings. The molecule has 0 bridgehead atoms. The van der Waals surface area contributed by atoms with Crippen LogP contribution in [0, 0.1) is 18.3 Å². The normalized spacial score (nSPS) is 22.3. The fraction of sp³-hybridized carbons (Fsp3) is 0.545. The van der Waals surface area contributed by atoms with Crippen LogP contribution in [0.4, 0.5) is 0 Å². The standard InChI is InChI=1S/C22H32ClN/c1-15-7-11-19(12-8-15)24-21(13-17(3)22(4,5)6)20-14-18(23)10-9-16(20)2/h9-10,13-15,19,24H,3,7-8,11-12H2,1-2,4-6H3/b21-13+. The molecule has 1 aliphatic rings. The quantitative estimate of drug-likeness (QED) is 0.594. The van der Waals surface area contributed by atoms with Gasteiger partial charge in [0, 0.05) is 22.3 Å². The highest BCUT2D eigenvalue weighted by molar-refractivity contribution is 6.30. The fourth-order valence-corrected chi connectivity index (χ4v) is 3.27. The summed E-state index contributed by atoms with van der Waals surface area (Å²) in [5.74, 6) is 0.855. The van der Waals surface area contributed by atoms with Crippen molar-refractivity contribution in [1.29, 1.82) is 0 Å². The Kier molecular flexibility index (Phi) is 6.20. The summed E-state index contributed by atoms with van der Waals surface area (Å²) in [5, 5.41) is 4.59. The Morgan fingerprint density at radius 1 is 1.21 bits per heavy atom. The first-order chi connectivity index (χ1) is 11.2. The van der Waals surface area contributed by atoms with Crippen LogP contribution in [0.2, 0.25) is 5.02 Å². The van der Waals surface area contributed by atoms with E-state index in [9.17, 15) is 0 Å². The molecule has 1 saturated carbocycles. The average Bonchev–Trinajstić information content (AvgIpc) is 2.50. The molecule has 0 heterocycles. The van der Waals surface area contributed by atoms with Gasteiger partial charge in [-0.05, 0) is 73.3 Å². The fourth-order valence-electron chi connectivity index (χ4n) is 3.10. The van der Waals surface area contributed by atoms with Gasteiger partial charge in [0.1, 0.15) is 0 Å². The number of hydrogen-bond acceptors (Lipinski definition) is 1. The zero-order chi connectivity index (χ0) is 17.9. The maximum absolute atomic E-state index is 6.27. The van der Waals surface area contributed by atoms with E-state index in [-0.39, 0.29) is 5.41 Å². The molecule has 2 rings (SSSR count). The summed E-state index contributed by atoms with van der Waals surface area (Å²) in [6.07, 6.45) is 7.30. The Bertz CT molecular complexity index is 613. The molecular weight excluding hydrogens is 314 g/mol. The van der Waals surface area contributed by atoms with Crippen molar-refractivity contribution in [3.05, 3.63) is 52.6 Å². The van der Waals surface area contributed by atoms with Crippen LogP contribution < -0.4 is 5.32 Å². The summed E-state index contributed by atoms with van der Waals surface area (Å²) in [6, 6.07) is 6.66. The minimum atomic E-state index is 0.0560. The van der Waals surface area contributed by atoms with Crippen LogP contribution in [0.25, 0.3) is 5.70 Å². The van der Waals surface area contributed by atoms with E-state index >= 15 is 0 Å². The number of allylic oxidation sites excluding steroid dienone is 2. The van der Waals surface area contributed by atoms with Gasteiger partial charge < -0.3 is 5.32 Å². The molecule has 24 heavy (non-hydrogen) atoms. The summed E-state index contributed by atoms with van der Waals surface area (Å²) in [7, 11) is 0. The van der Waals surface area contributed by atoms with Crippen LogP contribution in [0.15, 0.2) is 36.4 Å². The third-order valence-corrected chi connectivity index (χ3v) is 5.38. The minimum Gasteiger partial charge on any atom is -0.382 e. The average molecular weight is 346 g/mol. The summed E-state index contributed by atoms with van der Waals surface area (Å²) >= 11 is 6.27. The number of nitrogens with one attached hydrogen (secondary N) is 1. The number of benzene rings is 1. The molecule has 1 aromatic rings. The first-order valence-corrected chi connectivity index (χ1v) is 9.48. The lowest BCUT2D eigenvalue weighted by molar-refractivity contribution is 0.328. The summed E-state index contributed by atoms with van der Waals surface area (Å²) < 4.78 is 0. The van der Waals surface area contributed by atoms with Gasteiger partial charge in [-0.15, -0.1) is 0 Å². The topological polar surface area (TPSA) is 12.0 Å². The molecule has 0 spiro atoms. The van der Waals surface area contributed by atoms with Crippen molar-refractivity contribution < 1.29 is 0 Å². The van der Waals surface area contributed by atoms with E-state index in [0.717, 1.165) is 22.2 Å². The third kappa shape index (κ3) is 5.14. The van der Waals surface area contributed by atoms with Crippen molar-refractivity contribution in [2.45, 2.75) is 66.3 Å². The lowest BCUT2D eigenvalue weighted by Crippen LogP contribution is -2.32. The van der Waals surface area contributed by atoms with Crippen LogP contribution in [-0.4, -0.2) is 6.04 Å². The van der Waals surface area contributed by atoms with Crippen molar-refractivity contribution in [3.8, 4) is 0 Å². The van der Waals surface area contributed by atoms with Gasteiger partial charge in [-0.3, -0.25) is 0 Å². The molecule has 0 unspecified atom stereocenters. The molecule has 0 radical (unpaired) electrons. The second-order valence-electron chi connectivity index (χ2n) is 8.39. The molecule has 132 valence electrons. The largest absolute Gasteiger partial charge is 0.382 e. The van der Waals surface area contributed by atoms with Gasteiger partial charge in [-0.1, -0.05) is 51.9 Å². The first kappa shape index (κ1) is 19.1. The lowest BCUT2D eigenvalue weighted by atomic mass is 9.85. The van der Waals surface area contributed by atoms with Crippen LogP contribution in [0.5, 0.6) is 0 Å². The monoisotopic (exact) mass is 345 g/mol. The van der Waals surface area contributed by atoms with E-state index < -0.39 is 0 Å². The maximum atomic E-state index is 6.27. The highest BCUT2D eigenvalue weighted by Gasteiger charge is 2.21. The highest BCUT2D eigenvalue weighted by atomic mass is 35.5. The van der Waals surface area contributed by atoms with Gasteiger partial charge in [-0.25, -0.2) is 0 Å². The first-order valence-electron chi connectivity index (χ1n) is 9.11. The second-order valence-corrected chi connectivity index (χ2v) is 8.83. The van der Waals surface area contributed by atoms with E-state index in [1.54, 1.807) is 0 Å². The van der Waals surface area contributed by atoms with Gasteiger partial charge in [-0.2, -0.15) is 0 Å². The van der Waals surface area contributed by atoms with Crippen LogP contribution >= 0.6 is 11.6 Å². The third-order valence-electron chi connectivity index (χ3n) is 5.15. The smallest absolute Gasteiger partial charge is 0.0421 e. The molecule has 0 atom stereocenters. The number of hydrogen-bond donors (Lipinski definition) is 1. The van der Waals surface area contributed by atoms with Crippen LogP contribution in [0.3, 0.4) is 0 Å². The van der Waals surface area contributed by atoms with Crippen LogP contribution in [-0.2, 0) is 0 Å². The number of halogens is 1. The van der Waals surface area contributed by atoms with Crippen molar-refractivity contribution >= 4 is 17.3 Å². The minimum absolute atomic E-state index is 0.0560. The van der Waals surface area contributed by atoms with Crippen molar-refractivity contribution in [1.82, 2.24) is 5.32 Å². The Labute approximate surface area is 153 Å². The molecular formula is C22H32ClN. The Hall–Kier alpha value is -1.21. The van der Waals surface area contributed by atoms with Gasteiger partial charge in [0.2, 0.25) is 0 Å². The molecule has 1 N–H and O–H groups in total. The maximum Gasteiger partial charge on any atom is 0.0421 e. The van der Waals surface area contributed by atoms with E-state index in [0.29, 0.717) is 6.04 Å². The van der Waals surface area contributed by atoms with E-state index in [4.69, 9.17) is 11.6 Å². The second kappa shape index (κ2) is 7.78. The Morgan fingerprint density at radius 3 is 2.42 bits per heavy atom. The van der Waals surface area contributed by atoms with Crippen molar-refractivity contribution in [2.24, 2.45) is 11.3 Å². The van der Waals surface area contributed by atoms with Gasteiger partial charge >= 0.3 is 0 Å².